The molecule has 0 spiro atoms. The van der Waals surface area contributed by atoms with Crippen molar-refractivity contribution in [3.8, 4) is 0 Å². The molecule has 1 unspecified atom stereocenters. The average Bonchev–Trinajstić information content (AvgIpc) is 2.24. The summed E-state index contributed by atoms with van der Waals surface area (Å²) in [6, 6.07) is 10.5. The van der Waals surface area contributed by atoms with Crippen molar-refractivity contribution in [3.63, 3.8) is 0 Å². The molecule has 1 rings (SSSR count). The van der Waals surface area contributed by atoms with E-state index in [-0.39, 0.29) is 11.6 Å². The molecule has 0 radical (unpaired) electrons. The number of hydrogen-bond donors (Lipinski definition) is 2. The molecule has 1 aromatic carbocycles. The van der Waals surface area contributed by atoms with Gasteiger partial charge in [-0.2, -0.15) is 0 Å². The second-order valence-electron chi connectivity index (χ2n) is 5.34. The van der Waals surface area contributed by atoms with E-state index in [9.17, 15) is 0 Å². The van der Waals surface area contributed by atoms with Gasteiger partial charge in [-0.3, -0.25) is 0 Å². The van der Waals surface area contributed by atoms with Gasteiger partial charge in [-0.1, -0.05) is 30.3 Å². The third-order valence-electron chi connectivity index (χ3n) is 2.57. The SMILES string of the molecule is CC(C)(C)NCCCC(N)c1ccccc1. The van der Waals surface area contributed by atoms with E-state index in [1.807, 2.05) is 18.2 Å². The third kappa shape index (κ3) is 5.29. The molecule has 0 fully saturated rings. The highest BCUT2D eigenvalue weighted by Crippen LogP contribution is 2.14. The van der Waals surface area contributed by atoms with Crippen molar-refractivity contribution in [2.45, 2.75) is 45.2 Å². The zero-order valence-corrected chi connectivity index (χ0v) is 10.7. The minimum Gasteiger partial charge on any atom is -0.324 e. The van der Waals surface area contributed by atoms with Gasteiger partial charge in [0.15, 0.2) is 0 Å². The van der Waals surface area contributed by atoms with E-state index in [2.05, 4.69) is 38.2 Å². The molecular weight excluding hydrogens is 196 g/mol. The predicted molar refractivity (Wildman–Crippen MR) is 70.4 cm³/mol. The summed E-state index contributed by atoms with van der Waals surface area (Å²) in [5, 5.41) is 3.47. The second kappa shape index (κ2) is 6.02. The fraction of sp³-hybridized carbons (Fsp3) is 0.571. The summed E-state index contributed by atoms with van der Waals surface area (Å²) in [4.78, 5) is 0. The first-order valence-corrected chi connectivity index (χ1v) is 6.04. The van der Waals surface area contributed by atoms with Gasteiger partial charge in [-0.05, 0) is 45.7 Å². The summed E-state index contributed by atoms with van der Waals surface area (Å²) >= 11 is 0. The molecule has 0 bridgehead atoms. The Kier molecular flexibility index (Phi) is 4.97. The normalized spacial score (nSPS) is 13.8. The molecule has 0 aliphatic heterocycles. The van der Waals surface area contributed by atoms with Gasteiger partial charge >= 0.3 is 0 Å². The number of rotatable bonds is 5. The molecule has 0 saturated heterocycles. The van der Waals surface area contributed by atoms with Crippen LogP contribution in [0.2, 0.25) is 0 Å². The van der Waals surface area contributed by atoms with Crippen LogP contribution in [0, 0.1) is 0 Å². The van der Waals surface area contributed by atoms with Crippen molar-refractivity contribution in [1.29, 1.82) is 0 Å². The Labute approximate surface area is 99.2 Å². The Bertz CT molecular complexity index is 287. The average molecular weight is 220 g/mol. The van der Waals surface area contributed by atoms with E-state index < -0.39 is 0 Å². The lowest BCUT2D eigenvalue weighted by molar-refractivity contribution is 0.413. The van der Waals surface area contributed by atoms with Gasteiger partial charge in [0.05, 0.1) is 0 Å². The molecule has 2 heteroatoms. The molecule has 0 aliphatic rings. The van der Waals surface area contributed by atoms with Crippen LogP contribution in [0.1, 0.15) is 45.2 Å². The first-order chi connectivity index (χ1) is 7.49. The van der Waals surface area contributed by atoms with Gasteiger partial charge in [0.2, 0.25) is 0 Å². The monoisotopic (exact) mass is 220 g/mol. The van der Waals surface area contributed by atoms with Crippen LogP contribution in [0.4, 0.5) is 0 Å². The molecule has 0 aromatic heterocycles. The molecule has 0 saturated carbocycles. The quantitative estimate of drug-likeness (QED) is 0.749. The van der Waals surface area contributed by atoms with Crippen LogP contribution in [-0.4, -0.2) is 12.1 Å². The zero-order chi connectivity index (χ0) is 12.0. The fourth-order valence-corrected chi connectivity index (χ4v) is 1.65. The lowest BCUT2D eigenvalue weighted by Gasteiger charge is -2.21. The van der Waals surface area contributed by atoms with E-state index in [1.165, 1.54) is 5.56 Å². The Morgan fingerprint density at radius 2 is 1.81 bits per heavy atom. The minimum absolute atomic E-state index is 0.169. The first kappa shape index (κ1) is 13.2. The number of nitrogens with two attached hydrogens (primary N) is 1. The highest BCUT2D eigenvalue weighted by atomic mass is 14.9. The molecule has 0 aliphatic carbocycles. The van der Waals surface area contributed by atoms with E-state index in [1.54, 1.807) is 0 Å². The molecular formula is C14H24N2. The van der Waals surface area contributed by atoms with Gasteiger partial charge in [0.25, 0.3) is 0 Å². The molecule has 16 heavy (non-hydrogen) atoms. The number of nitrogens with one attached hydrogen (secondary N) is 1. The first-order valence-electron chi connectivity index (χ1n) is 6.04. The maximum absolute atomic E-state index is 6.12. The Morgan fingerprint density at radius 1 is 1.19 bits per heavy atom. The van der Waals surface area contributed by atoms with Crippen molar-refractivity contribution < 1.29 is 0 Å². The summed E-state index contributed by atoms with van der Waals surface area (Å²) in [7, 11) is 0. The summed E-state index contributed by atoms with van der Waals surface area (Å²) in [6.07, 6.45) is 2.15. The smallest absolute Gasteiger partial charge is 0.0295 e. The molecule has 2 nitrogen and oxygen atoms in total. The fourth-order valence-electron chi connectivity index (χ4n) is 1.65. The van der Waals surface area contributed by atoms with E-state index >= 15 is 0 Å². The second-order valence-corrected chi connectivity index (χ2v) is 5.34. The zero-order valence-electron chi connectivity index (χ0n) is 10.7. The van der Waals surface area contributed by atoms with E-state index in [4.69, 9.17) is 5.73 Å². The van der Waals surface area contributed by atoms with Crippen LogP contribution in [0.15, 0.2) is 30.3 Å². The van der Waals surface area contributed by atoms with Gasteiger partial charge in [0.1, 0.15) is 0 Å². The van der Waals surface area contributed by atoms with Crippen molar-refractivity contribution in [2.24, 2.45) is 5.73 Å². The summed E-state index contributed by atoms with van der Waals surface area (Å²) in [5.74, 6) is 0. The maximum atomic E-state index is 6.12. The molecule has 0 heterocycles. The maximum Gasteiger partial charge on any atom is 0.0295 e. The molecule has 1 atom stereocenters. The van der Waals surface area contributed by atoms with Crippen molar-refractivity contribution in [1.82, 2.24) is 5.32 Å². The largest absolute Gasteiger partial charge is 0.324 e. The van der Waals surface area contributed by atoms with Crippen molar-refractivity contribution in [3.05, 3.63) is 35.9 Å². The number of benzene rings is 1. The van der Waals surface area contributed by atoms with Crippen LogP contribution < -0.4 is 11.1 Å². The van der Waals surface area contributed by atoms with Crippen LogP contribution in [0.25, 0.3) is 0 Å². The Morgan fingerprint density at radius 3 is 2.38 bits per heavy atom. The number of hydrogen-bond acceptors (Lipinski definition) is 2. The standard InChI is InChI=1S/C14H24N2/c1-14(2,3)16-11-7-10-13(15)12-8-5-4-6-9-12/h4-6,8-9,13,16H,7,10-11,15H2,1-3H3. The molecule has 3 N–H and O–H groups in total. The Hall–Kier alpha value is -0.860. The third-order valence-corrected chi connectivity index (χ3v) is 2.57. The topological polar surface area (TPSA) is 38.0 Å². The minimum atomic E-state index is 0.169. The van der Waals surface area contributed by atoms with Crippen molar-refractivity contribution in [2.75, 3.05) is 6.54 Å². The summed E-state index contributed by atoms with van der Waals surface area (Å²) < 4.78 is 0. The lowest BCUT2D eigenvalue weighted by Crippen LogP contribution is -2.36. The van der Waals surface area contributed by atoms with Crippen LogP contribution in [0.5, 0.6) is 0 Å². The highest BCUT2D eigenvalue weighted by molar-refractivity contribution is 5.18. The van der Waals surface area contributed by atoms with E-state index in [0.717, 1.165) is 19.4 Å². The van der Waals surface area contributed by atoms with Crippen LogP contribution >= 0.6 is 0 Å². The molecule has 1 aromatic rings. The van der Waals surface area contributed by atoms with E-state index in [0.29, 0.717) is 0 Å². The molecule has 0 amide bonds. The van der Waals surface area contributed by atoms with Gasteiger partial charge in [-0.25, -0.2) is 0 Å². The van der Waals surface area contributed by atoms with Gasteiger partial charge in [0, 0.05) is 11.6 Å². The van der Waals surface area contributed by atoms with Gasteiger partial charge in [-0.15, -0.1) is 0 Å². The summed E-state index contributed by atoms with van der Waals surface area (Å²) in [5.41, 5.74) is 7.56. The highest BCUT2D eigenvalue weighted by Gasteiger charge is 2.09. The van der Waals surface area contributed by atoms with Crippen LogP contribution in [-0.2, 0) is 0 Å². The predicted octanol–water partition coefficient (Wildman–Crippen LogP) is 2.85. The summed E-state index contributed by atoms with van der Waals surface area (Å²) in [6.45, 7) is 7.59. The lowest BCUT2D eigenvalue weighted by atomic mass is 10.0. The van der Waals surface area contributed by atoms with Crippen LogP contribution in [0.3, 0.4) is 0 Å². The van der Waals surface area contributed by atoms with Crippen molar-refractivity contribution >= 4 is 0 Å². The van der Waals surface area contributed by atoms with Gasteiger partial charge < -0.3 is 11.1 Å². The molecule has 90 valence electrons. The Balaban J connectivity index is 2.24.